The van der Waals surface area contributed by atoms with Crippen molar-refractivity contribution in [2.45, 2.75) is 40.2 Å². The van der Waals surface area contributed by atoms with Crippen molar-refractivity contribution in [2.24, 2.45) is 4.99 Å². The molecular formula is C22H25N3O5S2. The largest absolute Gasteiger partial charge is 0.490 e. The molecule has 8 nitrogen and oxygen atoms in total. The highest BCUT2D eigenvalue weighted by Gasteiger charge is 2.32. The Morgan fingerprint density at radius 1 is 1.31 bits per heavy atom. The molecule has 0 spiro atoms. The van der Waals surface area contributed by atoms with Crippen molar-refractivity contribution in [3.05, 3.63) is 39.7 Å². The summed E-state index contributed by atoms with van der Waals surface area (Å²) in [6.45, 7) is 8.27. The highest BCUT2D eigenvalue weighted by Crippen LogP contribution is 2.36. The molecule has 1 aliphatic rings. The smallest absolute Gasteiger partial charge is 0.344 e. The quantitative estimate of drug-likeness (QED) is 0.524. The predicted octanol–water partition coefficient (Wildman–Crippen LogP) is 4.72. The van der Waals surface area contributed by atoms with E-state index in [0.29, 0.717) is 46.3 Å². The number of carboxylic acids is 1. The third kappa shape index (κ3) is 5.49. The monoisotopic (exact) mass is 475 g/mol. The van der Waals surface area contributed by atoms with Gasteiger partial charge in [-0.15, -0.1) is 11.3 Å². The average Bonchev–Trinajstić information content (AvgIpc) is 3.29. The van der Waals surface area contributed by atoms with Crippen LogP contribution in [-0.4, -0.2) is 51.3 Å². The number of rotatable bonds is 9. The molecule has 1 atom stereocenters. The number of hydrogen-bond donors (Lipinski definition) is 1. The van der Waals surface area contributed by atoms with Crippen LogP contribution in [0.15, 0.2) is 33.5 Å². The Hall–Kier alpha value is -2.85. The Morgan fingerprint density at radius 3 is 2.69 bits per heavy atom. The van der Waals surface area contributed by atoms with E-state index < -0.39 is 12.1 Å². The predicted molar refractivity (Wildman–Crippen MR) is 127 cm³/mol. The number of aryl methyl sites for hydroxylation is 1. The van der Waals surface area contributed by atoms with Gasteiger partial charge in [-0.25, -0.2) is 9.78 Å². The average molecular weight is 476 g/mol. The summed E-state index contributed by atoms with van der Waals surface area (Å²) in [5.41, 5.74) is 1.63. The highest BCUT2D eigenvalue weighted by atomic mass is 32.2. The first-order valence-corrected chi connectivity index (χ1v) is 11.9. The lowest BCUT2D eigenvalue weighted by molar-refractivity contribution is -0.145. The molecule has 0 bridgehead atoms. The van der Waals surface area contributed by atoms with Gasteiger partial charge >= 0.3 is 5.97 Å². The lowest BCUT2D eigenvalue weighted by atomic mass is 10.1. The fourth-order valence-corrected chi connectivity index (χ4v) is 4.70. The number of ether oxygens (including phenoxy) is 2. The number of carboxylic acid groups (broad SMARTS) is 1. The maximum atomic E-state index is 12.9. The number of hydrogen-bond acceptors (Lipinski definition) is 8. The minimum absolute atomic E-state index is 0.125. The van der Waals surface area contributed by atoms with E-state index in [9.17, 15) is 14.7 Å². The van der Waals surface area contributed by atoms with Crippen molar-refractivity contribution in [1.82, 2.24) is 9.88 Å². The summed E-state index contributed by atoms with van der Waals surface area (Å²) in [7, 11) is 0. The van der Waals surface area contributed by atoms with E-state index in [1.54, 1.807) is 36.1 Å². The third-order valence-corrected chi connectivity index (χ3v) is 6.34. The summed E-state index contributed by atoms with van der Waals surface area (Å²) in [6, 6.07) is 5.17. The maximum absolute atomic E-state index is 12.9. The molecule has 1 unspecified atom stereocenters. The van der Waals surface area contributed by atoms with Gasteiger partial charge in [0.05, 0.1) is 17.2 Å². The van der Waals surface area contributed by atoms with Gasteiger partial charge in [-0.1, -0.05) is 13.0 Å². The van der Waals surface area contributed by atoms with Gasteiger partial charge in [0.25, 0.3) is 5.91 Å². The number of aliphatic imine (C=N–C) groups is 1. The minimum Gasteiger partial charge on any atom is -0.490 e. The summed E-state index contributed by atoms with van der Waals surface area (Å²) in [5, 5.41) is 12.4. The van der Waals surface area contributed by atoms with Crippen LogP contribution in [0.5, 0.6) is 11.5 Å². The van der Waals surface area contributed by atoms with Crippen LogP contribution in [0.25, 0.3) is 6.08 Å². The summed E-state index contributed by atoms with van der Waals surface area (Å²) >= 11 is 2.73. The van der Waals surface area contributed by atoms with Gasteiger partial charge in [0.1, 0.15) is 0 Å². The molecule has 1 aromatic carbocycles. The van der Waals surface area contributed by atoms with Crippen LogP contribution >= 0.6 is 23.1 Å². The van der Waals surface area contributed by atoms with Gasteiger partial charge in [-0.2, -0.15) is 4.99 Å². The number of likely N-dealkylation sites (N-methyl/N-ethyl adjacent to an activating group) is 1. The summed E-state index contributed by atoms with van der Waals surface area (Å²) < 4.78 is 11.3. The van der Waals surface area contributed by atoms with E-state index in [4.69, 9.17) is 9.47 Å². The molecule has 0 aliphatic carbocycles. The number of amides is 1. The molecule has 0 saturated carbocycles. The molecule has 1 N–H and O–H groups in total. The zero-order valence-electron chi connectivity index (χ0n) is 18.3. The summed E-state index contributed by atoms with van der Waals surface area (Å²) in [6.07, 6.45) is 1.13. The molecule has 1 fully saturated rings. The second kappa shape index (κ2) is 10.6. The second-order valence-corrected chi connectivity index (χ2v) is 8.66. The van der Waals surface area contributed by atoms with E-state index in [1.807, 2.05) is 26.2 Å². The van der Waals surface area contributed by atoms with Crippen molar-refractivity contribution in [3.8, 4) is 11.5 Å². The molecular weight excluding hydrogens is 450 g/mol. The molecule has 170 valence electrons. The number of nitrogens with zero attached hydrogens (tertiary/aromatic N) is 3. The third-order valence-electron chi connectivity index (χ3n) is 4.48. The van der Waals surface area contributed by atoms with Crippen LogP contribution < -0.4 is 9.47 Å². The fourth-order valence-electron chi connectivity index (χ4n) is 2.94. The number of aliphatic carboxylic acids is 1. The van der Waals surface area contributed by atoms with Crippen LogP contribution in [0.3, 0.4) is 0 Å². The van der Waals surface area contributed by atoms with E-state index >= 15 is 0 Å². The molecule has 10 heteroatoms. The van der Waals surface area contributed by atoms with Crippen molar-refractivity contribution < 1.29 is 24.2 Å². The second-order valence-electron chi connectivity index (χ2n) is 6.82. The van der Waals surface area contributed by atoms with E-state index in [1.165, 1.54) is 23.1 Å². The SMILES string of the molecule is CCOc1cc(/C=C2/S/C(=N/c3nc(C)cs3)N(CC)C2=O)ccc1OC(CC)C(=O)O. The normalized spacial score (nSPS) is 17.2. The number of benzene rings is 1. The first-order chi connectivity index (χ1) is 15.4. The lowest BCUT2D eigenvalue weighted by Gasteiger charge is -2.17. The fraction of sp³-hybridized carbons (Fsp3) is 0.364. The molecule has 1 aromatic heterocycles. The number of thiazole rings is 1. The Bertz CT molecular complexity index is 1060. The van der Waals surface area contributed by atoms with Gasteiger partial charge in [-0.3, -0.25) is 9.69 Å². The van der Waals surface area contributed by atoms with Crippen molar-refractivity contribution in [2.75, 3.05) is 13.2 Å². The molecule has 0 radical (unpaired) electrons. The van der Waals surface area contributed by atoms with Crippen LogP contribution in [0, 0.1) is 6.92 Å². The molecule has 1 amide bonds. The molecule has 1 saturated heterocycles. The van der Waals surface area contributed by atoms with Crippen LogP contribution in [0.4, 0.5) is 5.13 Å². The number of thioether (sulfide) groups is 1. The van der Waals surface area contributed by atoms with Gasteiger partial charge < -0.3 is 14.6 Å². The number of amidine groups is 1. The summed E-state index contributed by atoms with van der Waals surface area (Å²) in [4.78, 5) is 35.3. The van der Waals surface area contributed by atoms with E-state index in [2.05, 4.69) is 9.98 Å². The lowest BCUT2D eigenvalue weighted by Crippen LogP contribution is -2.28. The van der Waals surface area contributed by atoms with Crippen molar-refractivity contribution >= 4 is 51.4 Å². The molecule has 2 heterocycles. The number of carbonyl (C=O) groups is 2. The van der Waals surface area contributed by atoms with E-state index in [-0.39, 0.29) is 5.91 Å². The molecule has 2 aromatic rings. The molecule has 1 aliphatic heterocycles. The van der Waals surface area contributed by atoms with Crippen LogP contribution in [-0.2, 0) is 9.59 Å². The van der Waals surface area contributed by atoms with Gasteiger partial charge in [-0.05, 0) is 62.7 Å². The highest BCUT2D eigenvalue weighted by molar-refractivity contribution is 8.18. The van der Waals surface area contributed by atoms with Crippen molar-refractivity contribution in [1.29, 1.82) is 0 Å². The minimum atomic E-state index is -1.03. The van der Waals surface area contributed by atoms with E-state index in [0.717, 1.165) is 11.3 Å². The Labute approximate surface area is 195 Å². The topological polar surface area (TPSA) is 101 Å². The maximum Gasteiger partial charge on any atom is 0.344 e. The standard InChI is InChI=1S/C22H25N3O5S2/c1-5-15(20(27)28)30-16-9-8-14(10-17(16)29-7-3)11-18-19(26)25(6-2)22(32-18)24-21-23-13(4)12-31-21/h8-12,15H,5-7H2,1-4H3,(H,27,28)/b18-11+,24-22+. The Kier molecular flexibility index (Phi) is 7.92. The Balaban J connectivity index is 1.89. The number of aromatic nitrogens is 1. The molecule has 32 heavy (non-hydrogen) atoms. The molecule has 3 rings (SSSR count). The zero-order chi connectivity index (χ0) is 23.3. The van der Waals surface area contributed by atoms with Gasteiger partial charge in [0.2, 0.25) is 5.13 Å². The van der Waals surface area contributed by atoms with Gasteiger partial charge in [0.15, 0.2) is 22.8 Å². The number of carbonyl (C=O) groups excluding carboxylic acids is 1. The Morgan fingerprint density at radius 2 is 2.09 bits per heavy atom. The summed E-state index contributed by atoms with van der Waals surface area (Å²) in [5.74, 6) is -0.377. The first-order valence-electron chi connectivity index (χ1n) is 10.2. The van der Waals surface area contributed by atoms with Crippen molar-refractivity contribution in [3.63, 3.8) is 0 Å². The van der Waals surface area contributed by atoms with Crippen LogP contribution in [0.1, 0.15) is 38.4 Å². The zero-order valence-corrected chi connectivity index (χ0v) is 20.0. The van der Waals surface area contributed by atoms with Gasteiger partial charge in [0, 0.05) is 11.9 Å². The first kappa shape index (κ1) is 23.8. The van der Waals surface area contributed by atoms with Crippen LogP contribution in [0.2, 0.25) is 0 Å².